The van der Waals surface area contributed by atoms with E-state index in [1.807, 2.05) is 0 Å². The summed E-state index contributed by atoms with van der Waals surface area (Å²) in [5, 5.41) is 17.3. The maximum Gasteiger partial charge on any atom is 0.312 e. The number of hydrogen-bond donors (Lipinski definition) is 1. The van der Waals surface area contributed by atoms with Crippen LogP contribution < -0.4 is 5.32 Å². The molecule has 0 spiro atoms. The van der Waals surface area contributed by atoms with E-state index in [0.29, 0.717) is 18.9 Å². The lowest BCUT2D eigenvalue weighted by atomic mass is 10.3. The summed E-state index contributed by atoms with van der Waals surface area (Å²) in [6.07, 6.45) is 3.07. The van der Waals surface area contributed by atoms with Crippen LogP contribution in [0.15, 0.2) is 23.1 Å². The Morgan fingerprint density at radius 3 is 3.00 bits per heavy atom. The largest absolute Gasteiger partial charge is 0.364 e. The first-order valence-electron chi connectivity index (χ1n) is 4.96. The Hall–Kier alpha value is -2.22. The van der Waals surface area contributed by atoms with Gasteiger partial charge in [0.1, 0.15) is 0 Å². The Kier molecular flexibility index (Phi) is 3.68. The van der Waals surface area contributed by atoms with Crippen molar-refractivity contribution in [3.8, 4) is 0 Å². The molecular weight excluding hydrogens is 262 g/mol. The second-order valence-corrected chi connectivity index (χ2v) is 3.73. The van der Waals surface area contributed by atoms with Crippen LogP contribution in [0.5, 0.6) is 0 Å². The summed E-state index contributed by atoms with van der Waals surface area (Å²) in [6, 6.07) is 1.24. The van der Waals surface area contributed by atoms with E-state index in [1.54, 1.807) is 0 Å². The molecule has 0 amide bonds. The molecule has 0 atom stereocenters. The van der Waals surface area contributed by atoms with E-state index < -0.39 is 4.92 Å². The smallest absolute Gasteiger partial charge is 0.312 e. The molecule has 94 valence electrons. The molecule has 0 radical (unpaired) electrons. The van der Waals surface area contributed by atoms with Gasteiger partial charge in [-0.25, -0.2) is 4.98 Å². The molecule has 2 aromatic heterocycles. The first-order chi connectivity index (χ1) is 8.66. The van der Waals surface area contributed by atoms with Gasteiger partial charge in [-0.1, -0.05) is 16.8 Å². The molecule has 0 saturated carbocycles. The van der Waals surface area contributed by atoms with Crippen LogP contribution in [0, 0.1) is 10.1 Å². The van der Waals surface area contributed by atoms with Gasteiger partial charge in [-0.2, -0.15) is 4.98 Å². The van der Waals surface area contributed by atoms with E-state index in [4.69, 9.17) is 16.1 Å². The summed E-state index contributed by atoms with van der Waals surface area (Å²) in [5.74, 6) is 0.600. The summed E-state index contributed by atoms with van der Waals surface area (Å²) >= 11 is 5.65. The standard InChI is InChI=1S/C9H8ClN5O3/c10-6-3-7(15(16)17)9(12-4-6)11-2-1-8-13-5-14-18-8/h3-5H,1-2H2,(H,11,12). The molecule has 2 rings (SSSR count). The van der Waals surface area contributed by atoms with Crippen LogP contribution >= 0.6 is 11.6 Å². The summed E-state index contributed by atoms with van der Waals surface area (Å²) < 4.78 is 4.79. The van der Waals surface area contributed by atoms with Crippen LogP contribution in [0.3, 0.4) is 0 Å². The maximum absolute atomic E-state index is 10.8. The Morgan fingerprint density at radius 1 is 1.50 bits per heavy atom. The molecule has 0 aliphatic carbocycles. The molecule has 9 heteroatoms. The molecule has 0 aromatic carbocycles. The van der Waals surface area contributed by atoms with Gasteiger partial charge in [0.25, 0.3) is 0 Å². The number of rotatable bonds is 5. The van der Waals surface area contributed by atoms with Crippen molar-refractivity contribution >= 4 is 23.1 Å². The lowest BCUT2D eigenvalue weighted by Gasteiger charge is -2.04. The minimum atomic E-state index is -0.548. The summed E-state index contributed by atoms with van der Waals surface area (Å²) in [7, 11) is 0. The van der Waals surface area contributed by atoms with Crippen LogP contribution in [-0.4, -0.2) is 26.6 Å². The van der Waals surface area contributed by atoms with Gasteiger partial charge in [0.15, 0.2) is 6.33 Å². The van der Waals surface area contributed by atoms with Crippen molar-refractivity contribution in [1.29, 1.82) is 0 Å². The molecule has 1 N–H and O–H groups in total. The van der Waals surface area contributed by atoms with Crippen molar-refractivity contribution in [1.82, 2.24) is 15.1 Å². The zero-order chi connectivity index (χ0) is 13.0. The Morgan fingerprint density at radius 2 is 2.33 bits per heavy atom. The molecule has 8 nitrogen and oxygen atoms in total. The van der Waals surface area contributed by atoms with Gasteiger partial charge in [-0.15, -0.1) is 0 Å². The van der Waals surface area contributed by atoms with Crippen molar-refractivity contribution in [3.63, 3.8) is 0 Å². The second-order valence-electron chi connectivity index (χ2n) is 3.29. The van der Waals surface area contributed by atoms with Gasteiger partial charge in [0.2, 0.25) is 11.7 Å². The van der Waals surface area contributed by atoms with Gasteiger partial charge in [-0.3, -0.25) is 10.1 Å². The molecule has 0 unspecified atom stereocenters. The molecule has 18 heavy (non-hydrogen) atoms. The predicted molar refractivity (Wildman–Crippen MR) is 62.4 cm³/mol. The number of nitrogens with zero attached hydrogens (tertiary/aromatic N) is 4. The Bertz CT molecular complexity index is 545. The van der Waals surface area contributed by atoms with Crippen molar-refractivity contribution in [2.75, 3.05) is 11.9 Å². The van der Waals surface area contributed by atoms with E-state index in [0.717, 1.165) is 0 Å². The van der Waals surface area contributed by atoms with Crippen molar-refractivity contribution in [2.45, 2.75) is 6.42 Å². The number of anilines is 1. The first kappa shape index (κ1) is 12.2. The highest BCUT2D eigenvalue weighted by Gasteiger charge is 2.15. The second kappa shape index (κ2) is 5.41. The minimum absolute atomic E-state index is 0.156. The molecule has 0 bridgehead atoms. The fraction of sp³-hybridized carbons (Fsp3) is 0.222. The van der Waals surface area contributed by atoms with Crippen LogP contribution in [-0.2, 0) is 6.42 Å². The highest BCUT2D eigenvalue weighted by atomic mass is 35.5. The SMILES string of the molecule is O=[N+]([O-])c1cc(Cl)cnc1NCCc1ncno1. The van der Waals surface area contributed by atoms with Gasteiger partial charge in [0, 0.05) is 25.2 Å². The number of aromatic nitrogens is 3. The van der Waals surface area contributed by atoms with E-state index in [-0.39, 0.29) is 16.5 Å². The highest BCUT2D eigenvalue weighted by Crippen LogP contribution is 2.24. The van der Waals surface area contributed by atoms with Crippen LogP contribution in [0.4, 0.5) is 11.5 Å². The molecule has 2 aromatic rings. The summed E-state index contributed by atoms with van der Waals surface area (Å²) in [6.45, 7) is 0.387. The van der Waals surface area contributed by atoms with Crippen molar-refractivity contribution in [3.05, 3.63) is 39.6 Å². The topological polar surface area (TPSA) is 107 Å². The average molecular weight is 270 g/mol. The minimum Gasteiger partial charge on any atom is -0.364 e. The zero-order valence-electron chi connectivity index (χ0n) is 9.04. The fourth-order valence-electron chi connectivity index (χ4n) is 1.30. The van der Waals surface area contributed by atoms with Crippen LogP contribution in [0.25, 0.3) is 0 Å². The number of halogens is 1. The predicted octanol–water partition coefficient (Wildman–Crippen LogP) is 1.68. The highest BCUT2D eigenvalue weighted by molar-refractivity contribution is 6.30. The number of pyridine rings is 1. The van der Waals surface area contributed by atoms with Gasteiger partial charge < -0.3 is 9.84 Å². The third-order valence-electron chi connectivity index (χ3n) is 2.07. The van der Waals surface area contributed by atoms with E-state index in [9.17, 15) is 10.1 Å². The summed E-state index contributed by atoms with van der Waals surface area (Å²) in [5.41, 5.74) is -0.173. The number of nitro groups is 1. The van der Waals surface area contributed by atoms with Gasteiger partial charge >= 0.3 is 5.69 Å². The van der Waals surface area contributed by atoms with Crippen molar-refractivity contribution < 1.29 is 9.45 Å². The van der Waals surface area contributed by atoms with Gasteiger partial charge in [0.05, 0.1) is 9.95 Å². The monoisotopic (exact) mass is 269 g/mol. The van der Waals surface area contributed by atoms with E-state index in [1.165, 1.54) is 18.6 Å². The van der Waals surface area contributed by atoms with E-state index >= 15 is 0 Å². The number of nitrogens with one attached hydrogen (secondary N) is 1. The zero-order valence-corrected chi connectivity index (χ0v) is 9.79. The molecule has 0 fully saturated rings. The quantitative estimate of drug-likeness (QED) is 0.650. The Labute approximate surface area is 106 Å². The molecule has 2 heterocycles. The van der Waals surface area contributed by atoms with Gasteiger partial charge in [-0.05, 0) is 0 Å². The molecule has 0 aliphatic rings. The lowest BCUT2D eigenvalue weighted by Crippen LogP contribution is -2.08. The summed E-state index contributed by atoms with van der Waals surface area (Å²) in [4.78, 5) is 17.9. The Balaban J connectivity index is 2.02. The number of hydrogen-bond acceptors (Lipinski definition) is 7. The lowest BCUT2D eigenvalue weighted by molar-refractivity contribution is -0.384. The molecular formula is C9H8ClN5O3. The van der Waals surface area contributed by atoms with Crippen LogP contribution in [0.2, 0.25) is 5.02 Å². The molecule has 0 aliphatic heterocycles. The third kappa shape index (κ3) is 2.92. The van der Waals surface area contributed by atoms with E-state index in [2.05, 4.69) is 20.4 Å². The first-order valence-corrected chi connectivity index (χ1v) is 5.34. The normalized spacial score (nSPS) is 10.3. The maximum atomic E-state index is 10.8. The molecule has 0 saturated heterocycles. The van der Waals surface area contributed by atoms with Crippen molar-refractivity contribution in [2.24, 2.45) is 0 Å². The van der Waals surface area contributed by atoms with Crippen LogP contribution in [0.1, 0.15) is 5.89 Å². The average Bonchev–Trinajstić information content (AvgIpc) is 2.84. The fourth-order valence-corrected chi connectivity index (χ4v) is 1.45. The third-order valence-corrected chi connectivity index (χ3v) is 2.28.